The lowest BCUT2D eigenvalue weighted by atomic mass is 10.1. The maximum atomic E-state index is 8.84. The number of thioether (sulfide) groups is 1. The molecule has 0 saturated carbocycles. The summed E-state index contributed by atoms with van der Waals surface area (Å²) in [5.74, 6) is 0. The van der Waals surface area contributed by atoms with E-state index in [4.69, 9.17) is 5.26 Å². The molecule has 1 N–H and O–H groups in total. The van der Waals surface area contributed by atoms with Crippen LogP contribution in [0.4, 0.5) is 5.69 Å². The number of nitrogens with zero attached hydrogens (tertiary/aromatic N) is 2. The van der Waals surface area contributed by atoms with Crippen LogP contribution >= 0.6 is 11.8 Å². The van der Waals surface area contributed by atoms with Gasteiger partial charge < -0.3 is 5.32 Å². The maximum absolute atomic E-state index is 8.84. The summed E-state index contributed by atoms with van der Waals surface area (Å²) in [4.78, 5) is 4.65. The van der Waals surface area contributed by atoms with E-state index in [2.05, 4.69) is 40.6 Å². The molecule has 2 aromatic carbocycles. The van der Waals surface area contributed by atoms with Crippen LogP contribution in [0.15, 0.2) is 53.5 Å². The number of rotatable bonds is 2. The number of amidine groups is 1. The molecular formula is C18H17N3S. The first-order chi connectivity index (χ1) is 10.8. The Bertz CT molecular complexity index is 729. The fraction of sp³-hybridized carbons (Fsp3) is 0.222. The highest BCUT2D eigenvalue weighted by Gasteiger charge is 2.22. The van der Waals surface area contributed by atoms with Gasteiger partial charge in [-0.15, -0.1) is 0 Å². The van der Waals surface area contributed by atoms with Crippen LogP contribution in [-0.2, 0) is 6.42 Å². The minimum absolute atomic E-state index is 0.334. The second-order valence-electron chi connectivity index (χ2n) is 5.21. The van der Waals surface area contributed by atoms with Crippen LogP contribution in [0.25, 0.3) is 0 Å². The number of nitrogens with one attached hydrogen (secondary N) is 1. The summed E-state index contributed by atoms with van der Waals surface area (Å²) in [5.41, 5.74) is 4.33. The Morgan fingerprint density at radius 2 is 2.00 bits per heavy atom. The molecule has 0 amide bonds. The molecule has 110 valence electrons. The van der Waals surface area contributed by atoms with Crippen molar-refractivity contribution in [3.05, 3.63) is 65.2 Å². The molecule has 0 radical (unpaired) electrons. The molecule has 0 fully saturated rings. The van der Waals surface area contributed by atoms with Crippen molar-refractivity contribution in [2.45, 2.75) is 18.9 Å². The van der Waals surface area contributed by atoms with Crippen molar-refractivity contribution in [2.75, 3.05) is 6.26 Å². The monoisotopic (exact) mass is 307 g/mol. The third-order valence-corrected chi connectivity index (χ3v) is 4.45. The molecule has 0 saturated heterocycles. The summed E-state index contributed by atoms with van der Waals surface area (Å²) in [7, 11) is 0. The van der Waals surface area contributed by atoms with Gasteiger partial charge in [0, 0.05) is 0 Å². The average molecular weight is 307 g/mol. The molecule has 3 rings (SSSR count). The molecule has 1 unspecified atom stereocenters. The van der Waals surface area contributed by atoms with Gasteiger partial charge in [-0.25, -0.2) is 4.99 Å². The predicted molar refractivity (Wildman–Crippen MR) is 92.4 cm³/mol. The average Bonchev–Trinajstić information content (AvgIpc) is 2.98. The van der Waals surface area contributed by atoms with Crippen LogP contribution in [0, 0.1) is 11.3 Å². The Labute approximate surface area is 135 Å². The smallest absolute Gasteiger partial charge is 0.161 e. The number of aliphatic imine (C=N–C) groups is 1. The van der Waals surface area contributed by atoms with E-state index in [9.17, 15) is 0 Å². The van der Waals surface area contributed by atoms with Crippen LogP contribution in [0.1, 0.15) is 29.2 Å². The maximum Gasteiger partial charge on any atom is 0.161 e. The fourth-order valence-electron chi connectivity index (χ4n) is 2.72. The number of benzene rings is 2. The first kappa shape index (κ1) is 14.7. The quantitative estimate of drug-likeness (QED) is 0.668. The second kappa shape index (κ2) is 6.67. The van der Waals surface area contributed by atoms with Crippen molar-refractivity contribution in [3.63, 3.8) is 0 Å². The minimum atomic E-state index is 0.334. The van der Waals surface area contributed by atoms with Gasteiger partial charge in [0.1, 0.15) is 0 Å². The summed E-state index contributed by atoms with van der Waals surface area (Å²) in [6.07, 6.45) is 4.25. The van der Waals surface area contributed by atoms with E-state index in [0.717, 1.165) is 23.7 Å². The van der Waals surface area contributed by atoms with Crippen LogP contribution in [0.5, 0.6) is 0 Å². The van der Waals surface area contributed by atoms with E-state index in [1.165, 1.54) is 11.1 Å². The number of aryl methyl sites for hydroxylation is 1. The van der Waals surface area contributed by atoms with E-state index in [1.807, 2.05) is 18.4 Å². The van der Waals surface area contributed by atoms with E-state index < -0.39 is 0 Å². The second-order valence-corrected chi connectivity index (χ2v) is 6.01. The number of hydrogen-bond acceptors (Lipinski definition) is 3. The topological polar surface area (TPSA) is 48.2 Å². The lowest BCUT2D eigenvalue weighted by Crippen LogP contribution is -2.24. The van der Waals surface area contributed by atoms with Gasteiger partial charge in [0.2, 0.25) is 0 Å². The highest BCUT2D eigenvalue weighted by molar-refractivity contribution is 8.13. The summed E-state index contributed by atoms with van der Waals surface area (Å²) in [6, 6.07) is 18.4. The highest BCUT2D eigenvalue weighted by Crippen LogP contribution is 2.31. The van der Waals surface area contributed by atoms with Crippen LogP contribution in [0.3, 0.4) is 0 Å². The van der Waals surface area contributed by atoms with Gasteiger partial charge in [-0.3, -0.25) is 0 Å². The molecule has 3 nitrogen and oxygen atoms in total. The van der Waals surface area contributed by atoms with Gasteiger partial charge in [-0.2, -0.15) is 5.26 Å². The van der Waals surface area contributed by atoms with Crippen molar-refractivity contribution in [1.82, 2.24) is 5.32 Å². The molecule has 0 heterocycles. The zero-order chi connectivity index (χ0) is 15.4. The molecule has 1 aliphatic carbocycles. The van der Waals surface area contributed by atoms with Crippen molar-refractivity contribution in [1.29, 1.82) is 5.26 Å². The van der Waals surface area contributed by atoms with E-state index in [-0.39, 0.29) is 0 Å². The Kier molecular flexibility index (Phi) is 4.45. The van der Waals surface area contributed by atoms with Crippen LogP contribution < -0.4 is 5.32 Å². The normalized spacial score (nSPS) is 16.9. The van der Waals surface area contributed by atoms with E-state index in [1.54, 1.807) is 23.9 Å². The molecule has 0 bridgehead atoms. The lowest BCUT2D eigenvalue weighted by molar-refractivity contribution is 0.645. The van der Waals surface area contributed by atoms with Gasteiger partial charge in [-0.1, -0.05) is 36.0 Å². The summed E-state index contributed by atoms with van der Waals surface area (Å²) >= 11 is 1.61. The van der Waals surface area contributed by atoms with Gasteiger partial charge in [0.25, 0.3) is 0 Å². The van der Waals surface area contributed by atoms with E-state index in [0.29, 0.717) is 11.6 Å². The zero-order valence-electron chi connectivity index (χ0n) is 12.4. The van der Waals surface area contributed by atoms with Gasteiger partial charge in [0.15, 0.2) is 5.17 Å². The largest absolute Gasteiger partial charge is 0.358 e. The van der Waals surface area contributed by atoms with Crippen molar-refractivity contribution in [2.24, 2.45) is 4.99 Å². The van der Waals surface area contributed by atoms with Gasteiger partial charge in [-0.05, 0) is 54.5 Å². The Balaban J connectivity index is 1.77. The summed E-state index contributed by atoms with van der Waals surface area (Å²) in [6.45, 7) is 0. The summed E-state index contributed by atoms with van der Waals surface area (Å²) in [5, 5.41) is 13.3. The molecule has 1 atom stereocenters. The van der Waals surface area contributed by atoms with Gasteiger partial charge >= 0.3 is 0 Å². The van der Waals surface area contributed by atoms with Crippen molar-refractivity contribution in [3.8, 4) is 6.07 Å². The SMILES string of the molecule is CS/C(=N\c1ccc(C#N)cc1)NC1CCc2ccccc21. The molecule has 22 heavy (non-hydrogen) atoms. The first-order valence-corrected chi connectivity index (χ1v) is 8.50. The van der Waals surface area contributed by atoms with Crippen LogP contribution in [0.2, 0.25) is 0 Å². The standard InChI is InChI=1S/C18H17N3S/c1-22-18(20-15-9-6-13(12-19)7-10-15)21-17-11-8-14-4-2-3-5-16(14)17/h2-7,9-10,17H,8,11H2,1H3,(H,20,21). The summed E-state index contributed by atoms with van der Waals surface area (Å²) < 4.78 is 0. The predicted octanol–water partition coefficient (Wildman–Crippen LogP) is 4.19. The molecule has 4 heteroatoms. The highest BCUT2D eigenvalue weighted by atomic mass is 32.2. The molecule has 0 spiro atoms. The minimum Gasteiger partial charge on any atom is -0.358 e. The third kappa shape index (κ3) is 3.15. The molecule has 1 aliphatic rings. The molecule has 2 aromatic rings. The third-order valence-electron chi connectivity index (χ3n) is 3.85. The van der Waals surface area contributed by atoms with Crippen molar-refractivity contribution < 1.29 is 0 Å². The number of fused-ring (bicyclic) bond motifs is 1. The Morgan fingerprint density at radius 3 is 2.73 bits per heavy atom. The Hall–Kier alpha value is -2.25. The number of hydrogen-bond donors (Lipinski definition) is 1. The fourth-order valence-corrected chi connectivity index (χ4v) is 3.18. The molecule has 0 aliphatic heterocycles. The van der Waals surface area contributed by atoms with Gasteiger partial charge in [0.05, 0.1) is 23.4 Å². The lowest BCUT2D eigenvalue weighted by Gasteiger charge is -2.16. The zero-order valence-corrected chi connectivity index (χ0v) is 13.2. The van der Waals surface area contributed by atoms with E-state index >= 15 is 0 Å². The van der Waals surface area contributed by atoms with Crippen molar-refractivity contribution >= 4 is 22.6 Å². The molecule has 0 aromatic heterocycles. The molecular weight excluding hydrogens is 290 g/mol. The Morgan fingerprint density at radius 1 is 1.23 bits per heavy atom. The van der Waals surface area contributed by atoms with Crippen LogP contribution in [-0.4, -0.2) is 11.4 Å². The number of nitriles is 1. The first-order valence-electron chi connectivity index (χ1n) is 7.27.